The minimum Gasteiger partial charge on any atom is -0.493 e. The molecule has 1 aliphatic rings. The SMILES string of the molecule is CCOc1cc(C(CSC)N2Cc3cccc(NC(=O)C(C)(C)C)c3C2=O)ccc1OC. The Bertz CT molecular complexity index is 1000. The molecule has 1 aliphatic heterocycles. The maximum atomic E-state index is 13.6. The van der Waals surface area contributed by atoms with Crippen LogP contribution in [-0.4, -0.2) is 42.4 Å². The van der Waals surface area contributed by atoms with Gasteiger partial charge in [-0.25, -0.2) is 0 Å². The number of ether oxygens (including phenoxy) is 2. The van der Waals surface area contributed by atoms with E-state index in [9.17, 15) is 9.59 Å². The van der Waals surface area contributed by atoms with Crippen molar-refractivity contribution in [1.82, 2.24) is 4.90 Å². The summed E-state index contributed by atoms with van der Waals surface area (Å²) in [6, 6.07) is 11.3. The van der Waals surface area contributed by atoms with Gasteiger partial charge in [-0.3, -0.25) is 9.59 Å². The second kappa shape index (κ2) is 9.86. The van der Waals surface area contributed by atoms with Gasteiger partial charge in [-0.05, 0) is 42.5 Å². The van der Waals surface area contributed by atoms with E-state index in [0.29, 0.717) is 35.9 Å². The van der Waals surface area contributed by atoms with Crippen molar-refractivity contribution in [2.24, 2.45) is 5.41 Å². The summed E-state index contributed by atoms with van der Waals surface area (Å²) in [5.74, 6) is 1.89. The Balaban J connectivity index is 1.96. The largest absolute Gasteiger partial charge is 0.493 e. The highest BCUT2D eigenvalue weighted by molar-refractivity contribution is 7.98. The molecular weight excluding hydrogens is 424 g/mol. The van der Waals surface area contributed by atoms with Crippen molar-refractivity contribution >= 4 is 29.3 Å². The molecule has 2 amide bonds. The van der Waals surface area contributed by atoms with Crippen molar-refractivity contribution in [3.05, 3.63) is 53.1 Å². The van der Waals surface area contributed by atoms with Crippen LogP contribution in [0.5, 0.6) is 11.5 Å². The fourth-order valence-electron chi connectivity index (χ4n) is 3.74. The van der Waals surface area contributed by atoms with Crippen LogP contribution in [0.4, 0.5) is 5.69 Å². The quantitative estimate of drug-likeness (QED) is 0.596. The van der Waals surface area contributed by atoms with Gasteiger partial charge in [0.25, 0.3) is 5.91 Å². The van der Waals surface area contributed by atoms with E-state index in [2.05, 4.69) is 5.32 Å². The van der Waals surface area contributed by atoms with Gasteiger partial charge in [0.15, 0.2) is 11.5 Å². The Morgan fingerprint density at radius 3 is 2.59 bits per heavy atom. The van der Waals surface area contributed by atoms with E-state index in [4.69, 9.17) is 9.47 Å². The van der Waals surface area contributed by atoms with Crippen LogP contribution in [0.15, 0.2) is 36.4 Å². The molecule has 0 aliphatic carbocycles. The zero-order valence-corrected chi connectivity index (χ0v) is 20.5. The van der Waals surface area contributed by atoms with Crippen LogP contribution in [-0.2, 0) is 11.3 Å². The van der Waals surface area contributed by atoms with Gasteiger partial charge in [0, 0.05) is 17.7 Å². The van der Waals surface area contributed by atoms with Crippen LogP contribution >= 0.6 is 11.8 Å². The third kappa shape index (κ3) is 4.88. The molecule has 32 heavy (non-hydrogen) atoms. The van der Waals surface area contributed by atoms with Gasteiger partial charge >= 0.3 is 0 Å². The number of nitrogens with one attached hydrogen (secondary N) is 1. The number of hydrogen-bond donors (Lipinski definition) is 1. The average Bonchev–Trinajstić information content (AvgIpc) is 3.08. The van der Waals surface area contributed by atoms with Gasteiger partial charge in [-0.2, -0.15) is 11.8 Å². The number of hydrogen-bond acceptors (Lipinski definition) is 5. The number of thioether (sulfide) groups is 1. The Morgan fingerprint density at radius 2 is 1.97 bits per heavy atom. The maximum Gasteiger partial charge on any atom is 0.257 e. The van der Waals surface area contributed by atoms with Gasteiger partial charge < -0.3 is 19.7 Å². The number of carbonyl (C=O) groups is 2. The van der Waals surface area contributed by atoms with Gasteiger partial charge in [-0.15, -0.1) is 0 Å². The Labute approximate surface area is 194 Å². The van der Waals surface area contributed by atoms with Crippen LogP contribution in [0.3, 0.4) is 0 Å². The molecule has 1 N–H and O–H groups in total. The van der Waals surface area contributed by atoms with E-state index in [0.717, 1.165) is 16.9 Å². The first-order valence-corrected chi connectivity index (χ1v) is 12.1. The lowest BCUT2D eigenvalue weighted by Crippen LogP contribution is -2.32. The Kier molecular flexibility index (Phi) is 7.39. The van der Waals surface area contributed by atoms with E-state index in [1.807, 2.05) is 69.2 Å². The summed E-state index contributed by atoms with van der Waals surface area (Å²) < 4.78 is 11.2. The second-order valence-corrected chi connectivity index (χ2v) is 9.70. The summed E-state index contributed by atoms with van der Waals surface area (Å²) in [5.41, 5.74) is 2.51. The summed E-state index contributed by atoms with van der Waals surface area (Å²) in [5, 5.41) is 2.96. The average molecular weight is 457 g/mol. The van der Waals surface area contributed by atoms with Crippen LogP contribution < -0.4 is 14.8 Å². The first-order chi connectivity index (χ1) is 15.2. The van der Waals surface area contributed by atoms with Crippen molar-refractivity contribution in [2.75, 3.05) is 31.0 Å². The van der Waals surface area contributed by atoms with Gasteiger partial charge in [0.2, 0.25) is 5.91 Å². The minimum atomic E-state index is -0.551. The standard InChI is InChI=1S/C25H32N2O4S/c1-7-31-21-13-16(11-12-20(21)30-5)19(15-32-6)27-14-17-9-8-10-18(22(17)23(27)28)26-24(29)25(2,3)4/h8-13,19H,7,14-15H2,1-6H3,(H,26,29). The van der Waals surface area contributed by atoms with E-state index in [1.165, 1.54) is 0 Å². The van der Waals surface area contributed by atoms with Crippen LogP contribution in [0, 0.1) is 5.41 Å². The fourth-order valence-corrected chi connectivity index (χ4v) is 4.43. The van der Waals surface area contributed by atoms with Crippen molar-refractivity contribution in [3.8, 4) is 11.5 Å². The zero-order valence-electron chi connectivity index (χ0n) is 19.7. The summed E-state index contributed by atoms with van der Waals surface area (Å²) in [6.45, 7) is 8.52. The molecule has 2 aromatic rings. The zero-order chi connectivity index (χ0) is 23.5. The fraction of sp³-hybridized carbons (Fsp3) is 0.440. The molecule has 2 aromatic carbocycles. The van der Waals surface area contributed by atoms with E-state index in [-0.39, 0.29) is 17.9 Å². The number of benzene rings is 2. The Hall–Kier alpha value is -2.67. The molecule has 0 spiro atoms. The number of rotatable bonds is 8. The summed E-state index contributed by atoms with van der Waals surface area (Å²) in [6.07, 6.45) is 2.03. The van der Waals surface area contributed by atoms with Crippen LogP contribution in [0.25, 0.3) is 0 Å². The molecule has 0 saturated heterocycles. The van der Waals surface area contributed by atoms with Gasteiger partial charge in [0.05, 0.1) is 31.0 Å². The van der Waals surface area contributed by atoms with Crippen molar-refractivity contribution in [3.63, 3.8) is 0 Å². The van der Waals surface area contributed by atoms with E-state index >= 15 is 0 Å². The lowest BCUT2D eigenvalue weighted by molar-refractivity contribution is -0.123. The van der Waals surface area contributed by atoms with Gasteiger partial charge in [-0.1, -0.05) is 39.0 Å². The highest BCUT2D eigenvalue weighted by Crippen LogP contribution is 2.39. The van der Waals surface area contributed by atoms with Crippen molar-refractivity contribution < 1.29 is 19.1 Å². The maximum absolute atomic E-state index is 13.6. The molecule has 0 fully saturated rings. The third-order valence-corrected chi connectivity index (χ3v) is 6.12. The first-order valence-electron chi connectivity index (χ1n) is 10.7. The first kappa shape index (κ1) is 24.0. The highest BCUT2D eigenvalue weighted by atomic mass is 32.2. The number of fused-ring (bicyclic) bond motifs is 1. The molecule has 7 heteroatoms. The van der Waals surface area contributed by atoms with Crippen molar-refractivity contribution in [2.45, 2.75) is 40.3 Å². The third-order valence-electron chi connectivity index (χ3n) is 5.47. The predicted octanol–water partition coefficient (Wildman–Crippen LogP) is 5.14. The summed E-state index contributed by atoms with van der Waals surface area (Å²) in [4.78, 5) is 28.0. The number of amides is 2. The van der Waals surface area contributed by atoms with Crippen LogP contribution in [0.2, 0.25) is 0 Å². The molecule has 1 atom stereocenters. The molecule has 0 saturated carbocycles. The van der Waals surface area contributed by atoms with Crippen molar-refractivity contribution in [1.29, 1.82) is 0 Å². The molecular formula is C25H32N2O4S. The predicted molar refractivity (Wildman–Crippen MR) is 130 cm³/mol. The van der Waals surface area contributed by atoms with Crippen LogP contribution in [0.1, 0.15) is 55.2 Å². The Morgan fingerprint density at radius 1 is 1.22 bits per heavy atom. The number of carbonyl (C=O) groups excluding carboxylic acids is 2. The normalized spacial score (nSPS) is 14.2. The topological polar surface area (TPSA) is 67.9 Å². The number of methoxy groups -OCH3 is 1. The smallest absolute Gasteiger partial charge is 0.257 e. The monoisotopic (exact) mass is 456 g/mol. The summed E-state index contributed by atoms with van der Waals surface area (Å²) >= 11 is 1.68. The molecule has 1 unspecified atom stereocenters. The summed E-state index contributed by atoms with van der Waals surface area (Å²) in [7, 11) is 1.62. The molecule has 0 bridgehead atoms. The highest BCUT2D eigenvalue weighted by Gasteiger charge is 2.36. The number of nitrogens with zero attached hydrogens (tertiary/aromatic N) is 1. The number of anilines is 1. The molecule has 1 heterocycles. The lowest BCUT2D eigenvalue weighted by atomic mass is 9.95. The molecule has 172 valence electrons. The second-order valence-electron chi connectivity index (χ2n) is 8.79. The minimum absolute atomic E-state index is 0.0716. The van der Waals surface area contributed by atoms with Gasteiger partial charge in [0.1, 0.15) is 0 Å². The lowest BCUT2D eigenvalue weighted by Gasteiger charge is -2.28. The molecule has 0 aromatic heterocycles. The molecule has 3 rings (SSSR count). The molecule has 0 radical (unpaired) electrons. The van der Waals surface area contributed by atoms with E-state index in [1.54, 1.807) is 24.9 Å². The molecule has 6 nitrogen and oxygen atoms in total. The van der Waals surface area contributed by atoms with E-state index < -0.39 is 5.41 Å².